The van der Waals surface area contributed by atoms with E-state index in [1.165, 1.54) is 5.56 Å². The molecule has 134 valence electrons. The summed E-state index contributed by atoms with van der Waals surface area (Å²) in [5, 5.41) is 5.01. The fourth-order valence-corrected chi connectivity index (χ4v) is 3.19. The van der Waals surface area contributed by atoms with Crippen molar-refractivity contribution in [3.05, 3.63) is 48.0 Å². The molecular weight excluding hydrogens is 334 g/mol. The standard InChI is InChI=1S/C19H19N3O4/c23-18(12-22-8-7-13-3-1-2-4-15(13)22)21-19(24)20-14-5-6-16-17(11-14)26-10-9-25-16/h1-6,11H,7-10,12H2,(H2,20,21,23,24). The number of carbonyl (C=O) groups is 2. The van der Waals surface area contributed by atoms with Crippen molar-refractivity contribution in [1.29, 1.82) is 0 Å². The molecule has 0 radical (unpaired) electrons. The van der Waals surface area contributed by atoms with E-state index < -0.39 is 6.03 Å². The Kier molecular flexibility index (Phi) is 4.35. The molecule has 0 aromatic heterocycles. The zero-order valence-corrected chi connectivity index (χ0v) is 14.2. The number of carbonyl (C=O) groups excluding carboxylic acids is 2. The lowest BCUT2D eigenvalue weighted by Gasteiger charge is -2.19. The van der Waals surface area contributed by atoms with Gasteiger partial charge in [0.15, 0.2) is 11.5 Å². The van der Waals surface area contributed by atoms with Crippen LogP contribution in [0.4, 0.5) is 16.2 Å². The molecule has 0 saturated carbocycles. The fourth-order valence-electron chi connectivity index (χ4n) is 3.19. The smallest absolute Gasteiger partial charge is 0.325 e. The van der Waals surface area contributed by atoms with Gasteiger partial charge < -0.3 is 19.7 Å². The van der Waals surface area contributed by atoms with Crippen molar-refractivity contribution in [2.75, 3.05) is 36.5 Å². The molecule has 0 spiro atoms. The van der Waals surface area contributed by atoms with Crippen molar-refractivity contribution in [3.63, 3.8) is 0 Å². The van der Waals surface area contributed by atoms with Crippen LogP contribution in [0.15, 0.2) is 42.5 Å². The second-order valence-corrected chi connectivity index (χ2v) is 6.16. The number of anilines is 2. The van der Waals surface area contributed by atoms with Gasteiger partial charge in [0.25, 0.3) is 0 Å². The topological polar surface area (TPSA) is 79.9 Å². The van der Waals surface area contributed by atoms with Crippen molar-refractivity contribution in [2.24, 2.45) is 0 Å². The average molecular weight is 353 g/mol. The molecular formula is C19H19N3O4. The highest BCUT2D eigenvalue weighted by Crippen LogP contribution is 2.32. The van der Waals surface area contributed by atoms with Crippen LogP contribution in [0.5, 0.6) is 11.5 Å². The zero-order chi connectivity index (χ0) is 17.9. The van der Waals surface area contributed by atoms with Gasteiger partial charge in [-0.3, -0.25) is 10.1 Å². The molecule has 2 aromatic rings. The van der Waals surface area contributed by atoms with Crippen LogP contribution in [-0.4, -0.2) is 38.2 Å². The molecule has 0 saturated heterocycles. The summed E-state index contributed by atoms with van der Waals surface area (Å²) in [5.74, 6) is 0.872. The highest BCUT2D eigenvalue weighted by Gasteiger charge is 2.21. The highest BCUT2D eigenvalue weighted by atomic mass is 16.6. The van der Waals surface area contributed by atoms with Gasteiger partial charge in [0, 0.05) is 24.0 Å². The number of ether oxygens (including phenoxy) is 2. The van der Waals surface area contributed by atoms with E-state index in [1.807, 2.05) is 23.1 Å². The maximum atomic E-state index is 12.2. The number of fused-ring (bicyclic) bond motifs is 2. The minimum Gasteiger partial charge on any atom is -0.486 e. The Hall–Kier alpha value is -3.22. The van der Waals surface area contributed by atoms with Gasteiger partial charge in [-0.15, -0.1) is 0 Å². The largest absolute Gasteiger partial charge is 0.486 e. The van der Waals surface area contributed by atoms with Gasteiger partial charge in [0.1, 0.15) is 13.2 Å². The number of para-hydroxylation sites is 1. The van der Waals surface area contributed by atoms with Crippen LogP contribution < -0.4 is 25.0 Å². The lowest BCUT2D eigenvalue weighted by atomic mass is 10.2. The molecule has 2 N–H and O–H groups in total. The number of urea groups is 1. The molecule has 7 nitrogen and oxygen atoms in total. The molecule has 4 rings (SSSR count). The second kappa shape index (κ2) is 6.95. The molecule has 2 aliphatic rings. The van der Waals surface area contributed by atoms with Crippen LogP contribution in [0.2, 0.25) is 0 Å². The van der Waals surface area contributed by atoms with Crippen LogP contribution in [0.3, 0.4) is 0 Å². The monoisotopic (exact) mass is 353 g/mol. The van der Waals surface area contributed by atoms with Crippen molar-refractivity contribution >= 4 is 23.3 Å². The lowest BCUT2D eigenvalue weighted by molar-refractivity contribution is -0.118. The van der Waals surface area contributed by atoms with Gasteiger partial charge in [0.05, 0.1) is 6.54 Å². The summed E-state index contributed by atoms with van der Waals surface area (Å²) in [7, 11) is 0. The molecule has 26 heavy (non-hydrogen) atoms. The van der Waals surface area contributed by atoms with Crippen molar-refractivity contribution in [2.45, 2.75) is 6.42 Å². The maximum Gasteiger partial charge on any atom is 0.325 e. The third kappa shape index (κ3) is 3.42. The number of hydrogen-bond acceptors (Lipinski definition) is 5. The van der Waals surface area contributed by atoms with Gasteiger partial charge in [-0.25, -0.2) is 4.79 Å². The Bertz CT molecular complexity index is 852. The summed E-state index contributed by atoms with van der Waals surface area (Å²) >= 11 is 0. The molecule has 0 unspecified atom stereocenters. The van der Waals surface area contributed by atoms with Crippen molar-refractivity contribution < 1.29 is 19.1 Å². The number of nitrogens with zero attached hydrogens (tertiary/aromatic N) is 1. The minimum atomic E-state index is -0.570. The lowest BCUT2D eigenvalue weighted by Crippen LogP contribution is -2.41. The number of nitrogens with one attached hydrogen (secondary N) is 2. The Morgan fingerprint density at radius 1 is 1.04 bits per heavy atom. The summed E-state index contributed by atoms with van der Waals surface area (Å²) in [4.78, 5) is 26.2. The Morgan fingerprint density at radius 2 is 1.85 bits per heavy atom. The predicted octanol–water partition coefficient (Wildman–Crippen LogP) is 2.17. The van der Waals surface area contributed by atoms with Gasteiger partial charge in [0.2, 0.25) is 5.91 Å². The summed E-state index contributed by atoms with van der Waals surface area (Å²) in [5.41, 5.74) is 2.81. The quantitative estimate of drug-likeness (QED) is 0.884. The molecule has 2 heterocycles. The van der Waals surface area contributed by atoms with Crippen LogP contribution in [0, 0.1) is 0 Å². The van der Waals surface area contributed by atoms with Crippen LogP contribution in [0.25, 0.3) is 0 Å². The first kappa shape index (κ1) is 16.3. The normalized spacial score (nSPS) is 14.5. The first-order valence-electron chi connectivity index (χ1n) is 8.52. The van der Waals surface area contributed by atoms with Gasteiger partial charge in [-0.1, -0.05) is 18.2 Å². The number of rotatable bonds is 3. The average Bonchev–Trinajstić information content (AvgIpc) is 3.04. The van der Waals surface area contributed by atoms with E-state index in [4.69, 9.17) is 9.47 Å². The minimum absolute atomic E-state index is 0.144. The third-order valence-corrected chi connectivity index (χ3v) is 4.37. The van der Waals surface area contributed by atoms with Gasteiger partial charge >= 0.3 is 6.03 Å². The zero-order valence-electron chi connectivity index (χ0n) is 14.2. The van der Waals surface area contributed by atoms with E-state index in [-0.39, 0.29) is 12.5 Å². The number of benzene rings is 2. The molecule has 7 heteroatoms. The third-order valence-electron chi connectivity index (χ3n) is 4.37. The first-order chi connectivity index (χ1) is 12.7. The molecule has 2 aliphatic heterocycles. The Labute approximate surface area is 150 Å². The van der Waals surface area contributed by atoms with Crippen molar-refractivity contribution in [1.82, 2.24) is 5.32 Å². The Morgan fingerprint density at radius 3 is 2.73 bits per heavy atom. The first-order valence-corrected chi connectivity index (χ1v) is 8.52. The van der Waals surface area contributed by atoms with Crippen LogP contribution >= 0.6 is 0 Å². The van der Waals surface area contributed by atoms with Crippen LogP contribution in [0.1, 0.15) is 5.56 Å². The molecule has 0 aliphatic carbocycles. The summed E-state index contributed by atoms with van der Waals surface area (Å²) < 4.78 is 10.9. The van der Waals surface area contributed by atoms with E-state index in [1.54, 1.807) is 18.2 Å². The Balaban J connectivity index is 1.33. The molecule has 3 amide bonds. The summed E-state index contributed by atoms with van der Waals surface area (Å²) in [6.07, 6.45) is 0.910. The van der Waals surface area contributed by atoms with E-state index >= 15 is 0 Å². The SMILES string of the molecule is O=C(CN1CCc2ccccc21)NC(=O)Nc1ccc2c(c1)OCCO2. The maximum absolute atomic E-state index is 12.2. The number of imide groups is 1. The number of hydrogen-bond donors (Lipinski definition) is 2. The highest BCUT2D eigenvalue weighted by molar-refractivity contribution is 6.02. The summed E-state index contributed by atoms with van der Waals surface area (Å²) in [6, 6.07) is 12.5. The molecule has 0 fully saturated rings. The summed E-state index contributed by atoms with van der Waals surface area (Å²) in [6.45, 7) is 1.90. The predicted molar refractivity (Wildman–Crippen MR) is 97.0 cm³/mol. The fraction of sp³-hybridized carbons (Fsp3) is 0.263. The van der Waals surface area contributed by atoms with E-state index in [9.17, 15) is 9.59 Å². The molecule has 0 atom stereocenters. The van der Waals surface area contributed by atoms with Crippen molar-refractivity contribution in [3.8, 4) is 11.5 Å². The van der Waals surface area contributed by atoms with Gasteiger partial charge in [-0.2, -0.15) is 0 Å². The molecule has 0 bridgehead atoms. The second-order valence-electron chi connectivity index (χ2n) is 6.16. The van der Waals surface area contributed by atoms with Gasteiger partial charge in [-0.05, 0) is 30.2 Å². The molecule has 2 aromatic carbocycles. The van der Waals surface area contributed by atoms with E-state index in [0.717, 1.165) is 18.7 Å². The van der Waals surface area contributed by atoms with E-state index in [2.05, 4.69) is 16.7 Å². The van der Waals surface area contributed by atoms with E-state index in [0.29, 0.717) is 30.4 Å². The van der Waals surface area contributed by atoms with Crippen LogP contribution in [-0.2, 0) is 11.2 Å². The number of amides is 3.